The van der Waals surface area contributed by atoms with E-state index in [4.69, 9.17) is 0 Å². The lowest BCUT2D eigenvalue weighted by Gasteiger charge is -2.17. The molecule has 0 saturated heterocycles. The third-order valence-electron chi connectivity index (χ3n) is 2.80. The molecule has 0 aromatic carbocycles. The van der Waals surface area contributed by atoms with Gasteiger partial charge in [-0.2, -0.15) is 0 Å². The average molecular weight is 163 g/mol. The van der Waals surface area contributed by atoms with Gasteiger partial charge >= 0.3 is 0 Å². The minimum Gasteiger partial charge on any atom is -0.351 e. The van der Waals surface area contributed by atoms with Crippen molar-refractivity contribution >= 4 is 0 Å². The summed E-state index contributed by atoms with van der Waals surface area (Å²) >= 11 is 0. The van der Waals surface area contributed by atoms with Crippen molar-refractivity contribution < 1.29 is 0 Å². The summed E-state index contributed by atoms with van der Waals surface area (Å²) in [5.74, 6) is 0.694. The largest absolute Gasteiger partial charge is 0.351 e. The lowest BCUT2D eigenvalue weighted by Crippen LogP contribution is -2.10. The van der Waals surface area contributed by atoms with Crippen molar-refractivity contribution in [1.29, 1.82) is 0 Å². The summed E-state index contributed by atoms with van der Waals surface area (Å²) in [6.45, 7) is 5.80. The van der Waals surface area contributed by atoms with Gasteiger partial charge in [0.15, 0.2) is 0 Å². The van der Waals surface area contributed by atoms with Gasteiger partial charge in [0.1, 0.15) is 0 Å². The molecule has 66 valence electrons. The fourth-order valence-corrected chi connectivity index (χ4v) is 2.12. The molecule has 0 unspecified atom stereocenters. The van der Waals surface area contributed by atoms with Gasteiger partial charge in [0.25, 0.3) is 0 Å². The van der Waals surface area contributed by atoms with Crippen LogP contribution in [0.5, 0.6) is 0 Å². The summed E-state index contributed by atoms with van der Waals surface area (Å²) in [6.07, 6.45) is 6.29. The maximum absolute atomic E-state index is 2.43. The van der Waals surface area contributed by atoms with Crippen LogP contribution in [0.2, 0.25) is 0 Å². The first-order valence-corrected chi connectivity index (χ1v) is 4.97. The van der Waals surface area contributed by atoms with Crippen LogP contribution in [0.15, 0.2) is 12.3 Å². The zero-order valence-electron chi connectivity index (χ0n) is 8.01. The number of fused-ring (bicyclic) bond motifs is 1. The molecule has 0 bridgehead atoms. The monoisotopic (exact) mass is 163 g/mol. The minimum absolute atomic E-state index is 0.694. The van der Waals surface area contributed by atoms with E-state index in [0.717, 1.165) is 0 Å². The first-order valence-electron chi connectivity index (χ1n) is 4.97. The van der Waals surface area contributed by atoms with Crippen molar-refractivity contribution in [3.05, 3.63) is 23.5 Å². The van der Waals surface area contributed by atoms with Crippen molar-refractivity contribution in [1.82, 2.24) is 4.57 Å². The molecule has 1 aromatic rings. The molecule has 1 nitrogen and oxygen atoms in total. The Morgan fingerprint density at radius 2 is 2.17 bits per heavy atom. The first-order chi connectivity index (χ1) is 5.79. The smallest absolute Gasteiger partial charge is 0.0222 e. The highest BCUT2D eigenvalue weighted by Gasteiger charge is 2.14. The molecular weight excluding hydrogens is 146 g/mol. The molecular formula is C11H17N. The standard InChI is InChI=1S/C11H17N/c1-9(2)10-6-8-12-7-4-3-5-11(10)12/h6,8-9H,3-5,7H2,1-2H3. The topological polar surface area (TPSA) is 4.93 Å². The number of hydrogen-bond donors (Lipinski definition) is 0. The van der Waals surface area contributed by atoms with Gasteiger partial charge in [-0.1, -0.05) is 13.8 Å². The normalized spacial score (nSPS) is 16.6. The van der Waals surface area contributed by atoms with Gasteiger partial charge in [-0.25, -0.2) is 0 Å². The molecule has 0 spiro atoms. The molecule has 0 fully saturated rings. The van der Waals surface area contributed by atoms with Gasteiger partial charge < -0.3 is 4.57 Å². The van der Waals surface area contributed by atoms with E-state index in [2.05, 4.69) is 30.7 Å². The summed E-state index contributed by atoms with van der Waals surface area (Å²) in [5, 5.41) is 0. The second-order valence-corrected chi connectivity index (χ2v) is 4.02. The lowest BCUT2D eigenvalue weighted by atomic mass is 9.99. The number of aryl methyl sites for hydroxylation is 1. The summed E-state index contributed by atoms with van der Waals surface area (Å²) in [4.78, 5) is 0. The van der Waals surface area contributed by atoms with E-state index in [1.54, 1.807) is 11.3 Å². The van der Waals surface area contributed by atoms with Crippen molar-refractivity contribution in [2.24, 2.45) is 0 Å². The predicted octanol–water partition coefficient (Wildman–Crippen LogP) is 2.95. The van der Waals surface area contributed by atoms with E-state index in [0.29, 0.717) is 5.92 Å². The Morgan fingerprint density at radius 1 is 1.33 bits per heavy atom. The maximum Gasteiger partial charge on any atom is 0.0222 e. The molecule has 1 aliphatic rings. The summed E-state index contributed by atoms with van der Waals surface area (Å²) < 4.78 is 2.43. The van der Waals surface area contributed by atoms with Crippen LogP contribution >= 0.6 is 0 Å². The van der Waals surface area contributed by atoms with Crippen molar-refractivity contribution in [3.63, 3.8) is 0 Å². The fourth-order valence-electron chi connectivity index (χ4n) is 2.12. The Kier molecular flexibility index (Phi) is 1.95. The quantitative estimate of drug-likeness (QED) is 0.600. The minimum atomic E-state index is 0.694. The molecule has 0 aliphatic carbocycles. The zero-order valence-corrected chi connectivity index (χ0v) is 8.01. The molecule has 0 saturated carbocycles. The Balaban J connectivity index is 2.38. The number of aromatic nitrogens is 1. The highest BCUT2D eigenvalue weighted by Crippen LogP contribution is 2.25. The highest BCUT2D eigenvalue weighted by atomic mass is 15.0. The lowest BCUT2D eigenvalue weighted by molar-refractivity contribution is 0.527. The second kappa shape index (κ2) is 2.96. The van der Waals surface area contributed by atoms with Crippen LogP contribution in [0, 0.1) is 0 Å². The third kappa shape index (κ3) is 1.17. The van der Waals surface area contributed by atoms with Crippen LogP contribution in [0.1, 0.15) is 43.9 Å². The molecule has 1 aliphatic heterocycles. The zero-order chi connectivity index (χ0) is 8.55. The molecule has 2 heterocycles. The summed E-state index contributed by atoms with van der Waals surface area (Å²) in [6, 6.07) is 2.30. The maximum atomic E-state index is 2.43. The Hall–Kier alpha value is -0.720. The van der Waals surface area contributed by atoms with E-state index in [-0.39, 0.29) is 0 Å². The number of rotatable bonds is 1. The molecule has 1 aromatic heterocycles. The molecule has 1 heteroatoms. The SMILES string of the molecule is CC(C)c1ccn2c1CCCC2. The van der Waals surface area contributed by atoms with Crippen molar-refractivity contribution in [3.8, 4) is 0 Å². The highest BCUT2D eigenvalue weighted by molar-refractivity contribution is 5.26. The van der Waals surface area contributed by atoms with Crippen LogP contribution in [0.3, 0.4) is 0 Å². The molecule has 0 N–H and O–H groups in total. The second-order valence-electron chi connectivity index (χ2n) is 4.02. The van der Waals surface area contributed by atoms with Crippen molar-refractivity contribution in [2.75, 3.05) is 0 Å². The van der Waals surface area contributed by atoms with E-state index >= 15 is 0 Å². The Bertz CT molecular complexity index is 271. The van der Waals surface area contributed by atoms with Crippen LogP contribution in [0.25, 0.3) is 0 Å². The Labute approximate surface area is 74.4 Å². The summed E-state index contributed by atoms with van der Waals surface area (Å²) in [7, 11) is 0. The first kappa shape index (κ1) is 7.90. The average Bonchev–Trinajstić information content (AvgIpc) is 2.47. The predicted molar refractivity (Wildman–Crippen MR) is 51.5 cm³/mol. The van der Waals surface area contributed by atoms with Gasteiger partial charge in [0.2, 0.25) is 0 Å². The molecule has 12 heavy (non-hydrogen) atoms. The van der Waals surface area contributed by atoms with Gasteiger partial charge in [-0.3, -0.25) is 0 Å². The van der Waals surface area contributed by atoms with Gasteiger partial charge in [0.05, 0.1) is 0 Å². The third-order valence-corrected chi connectivity index (χ3v) is 2.80. The van der Waals surface area contributed by atoms with Gasteiger partial charge in [0, 0.05) is 18.4 Å². The van der Waals surface area contributed by atoms with Crippen LogP contribution in [-0.2, 0) is 13.0 Å². The summed E-state index contributed by atoms with van der Waals surface area (Å²) in [5.41, 5.74) is 3.16. The van der Waals surface area contributed by atoms with Gasteiger partial charge in [-0.15, -0.1) is 0 Å². The molecule has 0 atom stereocenters. The van der Waals surface area contributed by atoms with Crippen LogP contribution in [0.4, 0.5) is 0 Å². The molecule has 2 rings (SSSR count). The molecule has 0 amide bonds. The fraction of sp³-hybridized carbons (Fsp3) is 0.636. The van der Waals surface area contributed by atoms with Crippen molar-refractivity contribution in [2.45, 2.75) is 45.6 Å². The van der Waals surface area contributed by atoms with E-state index in [1.807, 2.05) is 0 Å². The van der Waals surface area contributed by atoms with Crippen LogP contribution < -0.4 is 0 Å². The Morgan fingerprint density at radius 3 is 2.92 bits per heavy atom. The van der Waals surface area contributed by atoms with E-state index in [9.17, 15) is 0 Å². The van der Waals surface area contributed by atoms with Gasteiger partial charge in [-0.05, 0) is 36.8 Å². The molecule has 0 radical (unpaired) electrons. The van der Waals surface area contributed by atoms with E-state index < -0.39 is 0 Å². The number of nitrogens with zero attached hydrogens (tertiary/aromatic N) is 1. The number of hydrogen-bond acceptors (Lipinski definition) is 0. The van der Waals surface area contributed by atoms with Crippen LogP contribution in [-0.4, -0.2) is 4.57 Å². The van der Waals surface area contributed by atoms with E-state index in [1.165, 1.54) is 25.8 Å².